The Morgan fingerprint density at radius 2 is 1.92 bits per heavy atom. The number of pyridine rings is 1. The summed E-state index contributed by atoms with van der Waals surface area (Å²) in [5.74, 6) is 2.35. The van der Waals surface area contributed by atoms with Crippen molar-refractivity contribution < 1.29 is 9.47 Å². The molecule has 0 amide bonds. The largest absolute Gasteiger partial charge is 0.490 e. The molecule has 0 atom stereocenters. The van der Waals surface area contributed by atoms with Crippen molar-refractivity contribution in [2.75, 3.05) is 20.3 Å². The summed E-state index contributed by atoms with van der Waals surface area (Å²) in [6, 6.07) is 11.9. The molecule has 126 valence electrons. The SMILES string of the molecule is CN=C(NCc1ccc2c(c1)OCCCO2)NCc1ccccn1. The van der Waals surface area contributed by atoms with Crippen LogP contribution in [0.5, 0.6) is 11.5 Å². The first-order chi connectivity index (χ1) is 11.8. The van der Waals surface area contributed by atoms with Crippen LogP contribution in [0.1, 0.15) is 17.7 Å². The van der Waals surface area contributed by atoms with Crippen LogP contribution in [0.2, 0.25) is 0 Å². The Morgan fingerprint density at radius 3 is 2.71 bits per heavy atom. The maximum absolute atomic E-state index is 5.72. The number of hydrogen-bond acceptors (Lipinski definition) is 4. The molecule has 0 saturated carbocycles. The Bertz CT molecular complexity index is 689. The van der Waals surface area contributed by atoms with Crippen molar-refractivity contribution in [1.29, 1.82) is 0 Å². The Balaban J connectivity index is 1.55. The first-order valence-corrected chi connectivity index (χ1v) is 8.08. The second-order valence-electron chi connectivity index (χ2n) is 5.43. The Kier molecular flexibility index (Phi) is 5.50. The Hall–Kier alpha value is -2.76. The van der Waals surface area contributed by atoms with Gasteiger partial charge in [0.2, 0.25) is 0 Å². The molecule has 2 N–H and O–H groups in total. The van der Waals surface area contributed by atoms with Gasteiger partial charge in [-0.3, -0.25) is 9.98 Å². The van der Waals surface area contributed by atoms with E-state index in [4.69, 9.17) is 9.47 Å². The second-order valence-corrected chi connectivity index (χ2v) is 5.43. The zero-order valence-electron chi connectivity index (χ0n) is 13.8. The van der Waals surface area contributed by atoms with Crippen LogP contribution in [0.4, 0.5) is 0 Å². The molecule has 2 aromatic rings. The minimum atomic E-state index is 0.627. The summed E-state index contributed by atoms with van der Waals surface area (Å²) in [6.07, 6.45) is 2.69. The van der Waals surface area contributed by atoms with Gasteiger partial charge in [0.1, 0.15) is 0 Å². The summed E-state index contributed by atoms with van der Waals surface area (Å²) in [7, 11) is 1.75. The van der Waals surface area contributed by atoms with E-state index < -0.39 is 0 Å². The summed E-state index contributed by atoms with van der Waals surface area (Å²) >= 11 is 0. The zero-order valence-corrected chi connectivity index (χ0v) is 13.8. The van der Waals surface area contributed by atoms with E-state index in [0.717, 1.165) is 35.1 Å². The van der Waals surface area contributed by atoms with Gasteiger partial charge in [0.05, 0.1) is 25.5 Å². The lowest BCUT2D eigenvalue weighted by atomic mass is 10.2. The number of aliphatic imine (C=N–C) groups is 1. The fraction of sp³-hybridized carbons (Fsp3) is 0.333. The number of nitrogens with zero attached hydrogens (tertiary/aromatic N) is 2. The van der Waals surface area contributed by atoms with Crippen molar-refractivity contribution in [3.05, 3.63) is 53.9 Å². The number of ether oxygens (including phenoxy) is 2. The summed E-state index contributed by atoms with van der Waals surface area (Å²) in [6.45, 7) is 2.67. The summed E-state index contributed by atoms with van der Waals surface area (Å²) in [5.41, 5.74) is 2.08. The van der Waals surface area contributed by atoms with Gasteiger partial charge in [-0.25, -0.2) is 0 Å². The van der Waals surface area contributed by atoms with E-state index in [2.05, 4.69) is 20.6 Å². The smallest absolute Gasteiger partial charge is 0.191 e. The molecule has 0 aliphatic carbocycles. The number of fused-ring (bicyclic) bond motifs is 1. The molecule has 0 fully saturated rings. The number of benzene rings is 1. The minimum Gasteiger partial charge on any atom is -0.490 e. The third kappa shape index (κ3) is 4.38. The molecule has 1 aliphatic heterocycles. The Labute approximate surface area is 141 Å². The molecule has 0 unspecified atom stereocenters. The van der Waals surface area contributed by atoms with Crippen molar-refractivity contribution in [2.24, 2.45) is 4.99 Å². The highest BCUT2D eigenvalue weighted by Crippen LogP contribution is 2.30. The van der Waals surface area contributed by atoms with E-state index in [1.165, 1.54) is 0 Å². The minimum absolute atomic E-state index is 0.627. The quantitative estimate of drug-likeness (QED) is 0.665. The van der Waals surface area contributed by atoms with E-state index in [9.17, 15) is 0 Å². The van der Waals surface area contributed by atoms with Gasteiger partial charge in [0, 0.05) is 26.2 Å². The molecule has 24 heavy (non-hydrogen) atoms. The van der Waals surface area contributed by atoms with Crippen LogP contribution in [0, 0.1) is 0 Å². The van der Waals surface area contributed by atoms with Crippen molar-refractivity contribution in [3.63, 3.8) is 0 Å². The van der Waals surface area contributed by atoms with Crippen LogP contribution >= 0.6 is 0 Å². The predicted octanol–water partition coefficient (Wildman–Crippen LogP) is 2.11. The van der Waals surface area contributed by atoms with Crippen molar-refractivity contribution in [3.8, 4) is 11.5 Å². The van der Waals surface area contributed by atoms with Crippen LogP contribution in [0.25, 0.3) is 0 Å². The third-order valence-electron chi connectivity index (χ3n) is 3.66. The first-order valence-electron chi connectivity index (χ1n) is 8.08. The van der Waals surface area contributed by atoms with E-state index in [1.807, 2.05) is 36.4 Å². The molecule has 6 nitrogen and oxygen atoms in total. The maximum atomic E-state index is 5.72. The van der Waals surface area contributed by atoms with Crippen LogP contribution in [0.15, 0.2) is 47.6 Å². The number of hydrogen-bond donors (Lipinski definition) is 2. The molecule has 0 bridgehead atoms. The zero-order chi connectivity index (χ0) is 16.6. The van der Waals surface area contributed by atoms with Gasteiger partial charge < -0.3 is 20.1 Å². The molecular weight excluding hydrogens is 304 g/mol. The van der Waals surface area contributed by atoms with E-state index >= 15 is 0 Å². The van der Waals surface area contributed by atoms with Crippen molar-refractivity contribution in [1.82, 2.24) is 15.6 Å². The summed E-state index contributed by atoms with van der Waals surface area (Å²) in [5, 5.41) is 6.54. The molecule has 1 aromatic heterocycles. The second kappa shape index (κ2) is 8.19. The average molecular weight is 326 g/mol. The molecule has 0 saturated heterocycles. The lowest BCUT2D eigenvalue weighted by Crippen LogP contribution is -2.36. The van der Waals surface area contributed by atoms with Crippen LogP contribution in [-0.4, -0.2) is 31.2 Å². The average Bonchev–Trinajstić information content (AvgIpc) is 2.87. The van der Waals surface area contributed by atoms with Gasteiger partial charge in [0.25, 0.3) is 0 Å². The lowest BCUT2D eigenvalue weighted by Gasteiger charge is -2.13. The first kappa shape index (κ1) is 16.1. The molecule has 2 heterocycles. The number of aromatic nitrogens is 1. The van der Waals surface area contributed by atoms with Crippen molar-refractivity contribution >= 4 is 5.96 Å². The van der Waals surface area contributed by atoms with E-state index in [0.29, 0.717) is 26.3 Å². The molecule has 0 spiro atoms. The highest BCUT2D eigenvalue weighted by Gasteiger charge is 2.10. The van der Waals surface area contributed by atoms with Gasteiger partial charge in [-0.2, -0.15) is 0 Å². The number of guanidine groups is 1. The van der Waals surface area contributed by atoms with Crippen LogP contribution in [-0.2, 0) is 13.1 Å². The highest BCUT2D eigenvalue weighted by atomic mass is 16.5. The third-order valence-corrected chi connectivity index (χ3v) is 3.66. The summed E-state index contributed by atoms with van der Waals surface area (Å²) in [4.78, 5) is 8.52. The topological polar surface area (TPSA) is 67.8 Å². The monoisotopic (exact) mass is 326 g/mol. The normalized spacial score (nSPS) is 14.0. The standard InChI is InChI=1S/C18H22N4O2/c1-19-18(22-13-15-5-2-3-8-20-15)21-12-14-6-7-16-17(11-14)24-10-4-9-23-16/h2-3,5-8,11H,4,9-10,12-13H2,1H3,(H2,19,21,22). The van der Waals surface area contributed by atoms with Gasteiger partial charge in [-0.05, 0) is 29.8 Å². The highest BCUT2D eigenvalue weighted by molar-refractivity contribution is 5.79. The van der Waals surface area contributed by atoms with Gasteiger partial charge in [0.15, 0.2) is 17.5 Å². The summed E-state index contributed by atoms with van der Waals surface area (Å²) < 4.78 is 11.4. The molecule has 1 aromatic carbocycles. The van der Waals surface area contributed by atoms with E-state index in [1.54, 1.807) is 13.2 Å². The number of rotatable bonds is 4. The molecule has 1 aliphatic rings. The fourth-order valence-corrected chi connectivity index (χ4v) is 2.40. The van der Waals surface area contributed by atoms with Crippen LogP contribution < -0.4 is 20.1 Å². The van der Waals surface area contributed by atoms with Gasteiger partial charge in [-0.15, -0.1) is 0 Å². The van der Waals surface area contributed by atoms with Gasteiger partial charge >= 0.3 is 0 Å². The maximum Gasteiger partial charge on any atom is 0.191 e. The molecule has 0 radical (unpaired) electrons. The van der Waals surface area contributed by atoms with Gasteiger partial charge in [-0.1, -0.05) is 12.1 Å². The van der Waals surface area contributed by atoms with Crippen LogP contribution in [0.3, 0.4) is 0 Å². The predicted molar refractivity (Wildman–Crippen MR) is 93.3 cm³/mol. The molecule has 3 rings (SSSR count). The Morgan fingerprint density at radius 1 is 1.08 bits per heavy atom. The number of nitrogens with one attached hydrogen (secondary N) is 2. The molecule has 6 heteroatoms. The van der Waals surface area contributed by atoms with E-state index in [-0.39, 0.29) is 0 Å². The van der Waals surface area contributed by atoms with Crippen molar-refractivity contribution in [2.45, 2.75) is 19.5 Å². The molecular formula is C18H22N4O2. The lowest BCUT2D eigenvalue weighted by molar-refractivity contribution is 0.297. The fourth-order valence-electron chi connectivity index (χ4n) is 2.40.